The zero-order chi connectivity index (χ0) is 13.7. The van der Waals surface area contributed by atoms with E-state index in [-0.39, 0.29) is 18.0 Å². The summed E-state index contributed by atoms with van der Waals surface area (Å²) < 4.78 is 5.36. The molecule has 0 aliphatic heterocycles. The van der Waals surface area contributed by atoms with Gasteiger partial charge in [-0.05, 0) is 44.0 Å². The minimum atomic E-state index is -0.0506. The maximum absolute atomic E-state index is 12.1. The molecule has 0 bridgehead atoms. The van der Waals surface area contributed by atoms with Gasteiger partial charge in [0, 0.05) is 17.6 Å². The molecule has 0 aromatic heterocycles. The van der Waals surface area contributed by atoms with E-state index in [2.05, 4.69) is 5.32 Å². The lowest BCUT2D eigenvalue weighted by molar-refractivity contribution is 0.0921. The van der Waals surface area contributed by atoms with Crippen molar-refractivity contribution in [1.29, 1.82) is 0 Å². The first kappa shape index (κ1) is 13.9. The molecule has 1 fully saturated rings. The molecule has 19 heavy (non-hydrogen) atoms. The summed E-state index contributed by atoms with van der Waals surface area (Å²) in [6.45, 7) is 2.56. The maximum atomic E-state index is 12.1. The molecule has 1 aromatic carbocycles. The predicted octanol–water partition coefficient (Wildman–Crippen LogP) is 2.08. The van der Waals surface area contributed by atoms with Gasteiger partial charge in [0.25, 0.3) is 5.91 Å². The van der Waals surface area contributed by atoms with Gasteiger partial charge in [-0.15, -0.1) is 0 Å². The first-order valence-corrected chi connectivity index (χ1v) is 7.00. The van der Waals surface area contributed by atoms with Crippen LogP contribution >= 0.6 is 0 Å². The quantitative estimate of drug-likeness (QED) is 0.873. The summed E-state index contributed by atoms with van der Waals surface area (Å²) in [6, 6.07) is 7.40. The van der Waals surface area contributed by atoms with E-state index in [1.807, 2.05) is 19.1 Å². The van der Waals surface area contributed by atoms with Crippen molar-refractivity contribution in [3.05, 3.63) is 29.8 Å². The SMILES string of the molecule is CCOc1ccc(C(=O)NC2CCCC[C@@H]2N)cc1. The van der Waals surface area contributed by atoms with Gasteiger partial charge in [-0.25, -0.2) is 0 Å². The van der Waals surface area contributed by atoms with E-state index in [4.69, 9.17) is 10.5 Å². The summed E-state index contributed by atoms with van der Waals surface area (Å²) in [4.78, 5) is 12.1. The molecular formula is C15H22N2O2. The molecule has 4 heteroatoms. The standard InChI is InChI=1S/C15H22N2O2/c1-2-19-12-9-7-11(8-10-12)15(18)17-14-6-4-3-5-13(14)16/h7-10,13-14H,2-6,16H2,1H3,(H,17,18)/t13-,14?/m0/s1. The fourth-order valence-corrected chi connectivity index (χ4v) is 2.46. The highest BCUT2D eigenvalue weighted by Gasteiger charge is 2.23. The lowest BCUT2D eigenvalue weighted by Crippen LogP contribution is -2.49. The second-order valence-electron chi connectivity index (χ2n) is 4.99. The zero-order valence-corrected chi connectivity index (χ0v) is 11.4. The summed E-state index contributed by atoms with van der Waals surface area (Å²) in [5.41, 5.74) is 6.69. The highest BCUT2D eigenvalue weighted by molar-refractivity contribution is 5.94. The van der Waals surface area contributed by atoms with E-state index in [9.17, 15) is 4.79 Å². The molecule has 3 N–H and O–H groups in total. The first-order valence-electron chi connectivity index (χ1n) is 7.00. The molecule has 1 saturated carbocycles. The topological polar surface area (TPSA) is 64.3 Å². The van der Waals surface area contributed by atoms with Gasteiger partial charge in [0.2, 0.25) is 0 Å². The van der Waals surface area contributed by atoms with Gasteiger partial charge >= 0.3 is 0 Å². The monoisotopic (exact) mass is 262 g/mol. The van der Waals surface area contributed by atoms with Gasteiger partial charge in [-0.2, -0.15) is 0 Å². The second-order valence-corrected chi connectivity index (χ2v) is 4.99. The largest absolute Gasteiger partial charge is 0.494 e. The van der Waals surface area contributed by atoms with E-state index in [0.717, 1.165) is 31.4 Å². The Morgan fingerprint density at radius 3 is 2.63 bits per heavy atom. The molecule has 2 atom stereocenters. The Bertz CT molecular complexity index is 417. The lowest BCUT2D eigenvalue weighted by Gasteiger charge is -2.29. The molecular weight excluding hydrogens is 240 g/mol. The minimum Gasteiger partial charge on any atom is -0.494 e. The third-order valence-corrected chi connectivity index (χ3v) is 3.56. The van der Waals surface area contributed by atoms with Gasteiger partial charge in [0.15, 0.2) is 0 Å². The van der Waals surface area contributed by atoms with Crippen molar-refractivity contribution in [2.45, 2.75) is 44.7 Å². The van der Waals surface area contributed by atoms with Crippen LogP contribution in [0.2, 0.25) is 0 Å². The third kappa shape index (κ3) is 3.70. The molecule has 0 saturated heterocycles. The molecule has 2 rings (SSSR count). The second kappa shape index (κ2) is 6.57. The first-order chi connectivity index (χ1) is 9.20. The normalized spacial score (nSPS) is 22.8. The summed E-state index contributed by atoms with van der Waals surface area (Å²) in [7, 11) is 0. The van der Waals surface area contributed by atoms with Crippen LogP contribution in [0.1, 0.15) is 43.0 Å². The van der Waals surface area contributed by atoms with Crippen LogP contribution in [0, 0.1) is 0 Å². The van der Waals surface area contributed by atoms with E-state index < -0.39 is 0 Å². The Hall–Kier alpha value is -1.55. The van der Waals surface area contributed by atoms with Crippen LogP contribution in [-0.4, -0.2) is 24.6 Å². The van der Waals surface area contributed by atoms with E-state index in [1.165, 1.54) is 0 Å². The molecule has 0 heterocycles. The Kier molecular flexibility index (Phi) is 4.80. The van der Waals surface area contributed by atoms with Crippen molar-refractivity contribution >= 4 is 5.91 Å². The fourth-order valence-electron chi connectivity index (χ4n) is 2.46. The number of hydrogen-bond acceptors (Lipinski definition) is 3. The molecule has 0 spiro atoms. The molecule has 1 aliphatic carbocycles. The zero-order valence-electron chi connectivity index (χ0n) is 11.4. The van der Waals surface area contributed by atoms with Crippen LogP contribution in [0.3, 0.4) is 0 Å². The van der Waals surface area contributed by atoms with Gasteiger partial charge < -0.3 is 15.8 Å². The Labute approximate surface area is 114 Å². The molecule has 1 aliphatic rings. The number of carbonyl (C=O) groups excluding carboxylic acids is 1. The number of nitrogens with one attached hydrogen (secondary N) is 1. The number of benzene rings is 1. The molecule has 1 unspecified atom stereocenters. The number of amides is 1. The van der Waals surface area contributed by atoms with Gasteiger partial charge in [0.1, 0.15) is 5.75 Å². The maximum Gasteiger partial charge on any atom is 0.251 e. The van der Waals surface area contributed by atoms with Crippen molar-refractivity contribution in [3.63, 3.8) is 0 Å². The highest BCUT2D eigenvalue weighted by atomic mass is 16.5. The summed E-state index contributed by atoms with van der Waals surface area (Å²) in [6.07, 6.45) is 4.27. The van der Waals surface area contributed by atoms with Crippen LogP contribution in [0.5, 0.6) is 5.75 Å². The number of carbonyl (C=O) groups is 1. The van der Waals surface area contributed by atoms with Crippen molar-refractivity contribution in [2.24, 2.45) is 5.73 Å². The van der Waals surface area contributed by atoms with Crippen LogP contribution in [0.15, 0.2) is 24.3 Å². The van der Waals surface area contributed by atoms with Gasteiger partial charge in [0.05, 0.1) is 6.61 Å². The van der Waals surface area contributed by atoms with Gasteiger partial charge in [-0.1, -0.05) is 12.8 Å². The molecule has 4 nitrogen and oxygen atoms in total. The van der Waals surface area contributed by atoms with Crippen molar-refractivity contribution in [3.8, 4) is 5.75 Å². The number of nitrogens with two attached hydrogens (primary N) is 1. The van der Waals surface area contributed by atoms with Crippen LogP contribution < -0.4 is 15.8 Å². The number of rotatable bonds is 4. The Balaban J connectivity index is 1.95. The lowest BCUT2D eigenvalue weighted by atomic mass is 9.91. The molecule has 1 amide bonds. The molecule has 1 aromatic rings. The van der Waals surface area contributed by atoms with Crippen LogP contribution in [-0.2, 0) is 0 Å². The van der Waals surface area contributed by atoms with Crippen LogP contribution in [0.4, 0.5) is 0 Å². The molecule has 104 valence electrons. The van der Waals surface area contributed by atoms with Crippen LogP contribution in [0.25, 0.3) is 0 Å². The summed E-state index contributed by atoms with van der Waals surface area (Å²) >= 11 is 0. The summed E-state index contributed by atoms with van der Waals surface area (Å²) in [5, 5.41) is 3.03. The smallest absolute Gasteiger partial charge is 0.251 e. The van der Waals surface area contributed by atoms with Crippen molar-refractivity contribution in [1.82, 2.24) is 5.32 Å². The summed E-state index contributed by atoms with van der Waals surface area (Å²) in [5.74, 6) is 0.735. The van der Waals surface area contributed by atoms with E-state index in [1.54, 1.807) is 12.1 Å². The number of ether oxygens (including phenoxy) is 1. The average molecular weight is 262 g/mol. The number of hydrogen-bond donors (Lipinski definition) is 2. The average Bonchev–Trinajstić information content (AvgIpc) is 2.42. The van der Waals surface area contributed by atoms with E-state index in [0.29, 0.717) is 12.2 Å². The predicted molar refractivity (Wildman–Crippen MR) is 75.3 cm³/mol. The highest BCUT2D eigenvalue weighted by Crippen LogP contribution is 2.18. The van der Waals surface area contributed by atoms with Crippen molar-refractivity contribution in [2.75, 3.05) is 6.61 Å². The van der Waals surface area contributed by atoms with Crippen molar-refractivity contribution < 1.29 is 9.53 Å². The molecule has 0 radical (unpaired) electrons. The third-order valence-electron chi connectivity index (χ3n) is 3.56. The van der Waals surface area contributed by atoms with E-state index >= 15 is 0 Å². The van der Waals surface area contributed by atoms with Gasteiger partial charge in [-0.3, -0.25) is 4.79 Å². The Morgan fingerprint density at radius 1 is 1.32 bits per heavy atom. The fraction of sp³-hybridized carbons (Fsp3) is 0.533. The minimum absolute atomic E-state index is 0.0506. The Morgan fingerprint density at radius 2 is 2.00 bits per heavy atom.